The van der Waals surface area contributed by atoms with Crippen LogP contribution in [0, 0.1) is 5.92 Å². The third-order valence-electron chi connectivity index (χ3n) is 17.1. The molecular weight excluding hydrogens is 1370 g/mol. The Morgan fingerprint density at radius 2 is 1.38 bits per heavy atom. The van der Waals surface area contributed by atoms with Gasteiger partial charge in [0, 0.05) is 98.9 Å². The number of aliphatic imine (C=N–C) groups is 1. The van der Waals surface area contributed by atoms with Crippen LogP contribution in [0.1, 0.15) is 111 Å². The molecule has 11 rings (SSSR count). The number of amides is 7. The fourth-order valence-electron chi connectivity index (χ4n) is 12.1. The number of nitrogen functional groups attached to an aromatic ring is 1. The van der Waals surface area contributed by atoms with Crippen LogP contribution in [0.4, 0.5) is 23.0 Å². The van der Waals surface area contributed by atoms with Crippen LogP contribution in [0.25, 0.3) is 33.0 Å². The van der Waals surface area contributed by atoms with E-state index in [4.69, 9.17) is 17.2 Å². The van der Waals surface area contributed by atoms with Gasteiger partial charge in [-0.15, -0.1) is 0 Å². The van der Waals surface area contributed by atoms with Crippen molar-refractivity contribution >= 4 is 149 Å². The van der Waals surface area contributed by atoms with Crippen LogP contribution in [0.15, 0.2) is 125 Å². The van der Waals surface area contributed by atoms with Crippen LogP contribution in [0.3, 0.4) is 0 Å². The molecule has 33 nitrogen and oxygen atoms in total. The molecule has 6 atom stereocenters. The van der Waals surface area contributed by atoms with Gasteiger partial charge < -0.3 is 84.6 Å². The molecule has 0 radical (unpaired) electrons. The number of guanidine groups is 1. The van der Waals surface area contributed by atoms with Crippen molar-refractivity contribution in [2.75, 3.05) is 46.8 Å². The quantitative estimate of drug-likeness (QED) is 0.0130. The van der Waals surface area contributed by atoms with Gasteiger partial charge in [-0.25, -0.2) is 19.6 Å². The van der Waals surface area contributed by atoms with E-state index in [1.54, 1.807) is 53.6 Å². The highest BCUT2D eigenvalue weighted by atomic mass is 33.1. The van der Waals surface area contributed by atoms with Gasteiger partial charge in [-0.1, -0.05) is 52.8 Å². The molecule has 3 unspecified atom stereocenters. The number of likely N-dealkylation sites (tertiary alicyclic amines) is 1. The summed E-state index contributed by atoms with van der Waals surface area (Å²) in [5.41, 5.74) is 22.8. The number of nitrogens with zero attached hydrogens (tertiary/aromatic N) is 5. The molecule has 4 aromatic carbocycles. The summed E-state index contributed by atoms with van der Waals surface area (Å²) >= 11 is 0. The third-order valence-corrected chi connectivity index (χ3v) is 18.9. The summed E-state index contributed by atoms with van der Waals surface area (Å²) in [6, 6.07) is 22.0. The van der Waals surface area contributed by atoms with Crippen molar-refractivity contribution < 1.29 is 68.1 Å². The van der Waals surface area contributed by atoms with Gasteiger partial charge in [0.2, 0.25) is 29.6 Å². The van der Waals surface area contributed by atoms with E-state index in [0.29, 0.717) is 53.0 Å². The maximum absolute atomic E-state index is 13.7. The minimum Gasteiger partial charge on any atom is -0.481 e. The number of allylic oxidation sites excluding steroid dienone is 2. The lowest BCUT2D eigenvalue weighted by molar-refractivity contribution is -0.143. The first-order chi connectivity index (χ1) is 49.3. The van der Waals surface area contributed by atoms with Crippen molar-refractivity contribution in [3.63, 3.8) is 0 Å². The molecule has 1 saturated carbocycles. The summed E-state index contributed by atoms with van der Waals surface area (Å²) in [5.74, 6) is -8.69. The number of nitrogens with two attached hydrogens (primary N) is 3. The van der Waals surface area contributed by atoms with Gasteiger partial charge in [0.1, 0.15) is 35.6 Å². The third kappa shape index (κ3) is 17.9. The fraction of sp³-hybridized carbons (Fsp3) is 0.294. The Balaban J connectivity index is 0.000000229. The van der Waals surface area contributed by atoms with Gasteiger partial charge in [-0.2, -0.15) is 4.98 Å². The van der Waals surface area contributed by atoms with Crippen LogP contribution in [-0.4, -0.2) is 170 Å². The molecule has 103 heavy (non-hydrogen) atoms. The maximum atomic E-state index is 13.7. The van der Waals surface area contributed by atoms with Crippen molar-refractivity contribution in [3.8, 4) is 0 Å². The number of hydrogen-bond acceptors (Lipinski definition) is 20. The van der Waals surface area contributed by atoms with Crippen molar-refractivity contribution in [3.05, 3.63) is 159 Å². The first-order valence-corrected chi connectivity index (χ1v) is 35.0. The summed E-state index contributed by atoms with van der Waals surface area (Å²) < 4.78 is 0. The second kappa shape index (κ2) is 32.5. The fourth-order valence-corrected chi connectivity index (χ4v) is 13.4. The van der Waals surface area contributed by atoms with Crippen LogP contribution in [0.5, 0.6) is 0 Å². The van der Waals surface area contributed by atoms with Gasteiger partial charge in [0.15, 0.2) is 22.9 Å². The summed E-state index contributed by atoms with van der Waals surface area (Å²) in [5, 5.41) is 48.4. The Hall–Kier alpha value is -12.1. The first kappa shape index (κ1) is 73.6. The SMILES string of the molecule is CCCC(=O)Nc1ccc2[nH]c(C(=O)Nc3ccc4[nH]c(C(=O)N5CC6CC67C5=CC(=O)c5ccccc57)cc4c3)cc2c1.CSSCC(NC(=O)[C@@H](CC(=O)O)NC(=O)[C@@H](CCCN=C(N)N)NC(=O)CC[C@@H](NC(=O)c1ccc(NCc2cnc3nc(N)[nH]c(=O)c3n2)cc1)C(=O)O)C(=O)O. The van der Waals surface area contributed by atoms with E-state index in [-0.39, 0.29) is 89.2 Å². The highest BCUT2D eigenvalue weighted by Crippen LogP contribution is 2.66. The summed E-state index contributed by atoms with van der Waals surface area (Å²) in [7, 11) is 2.37. The number of carbonyl (C=O) groups excluding carboxylic acids is 8. The van der Waals surface area contributed by atoms with Gasteiger partial charge in [-0.05, 0) is 123 Å². The monoisotopic (exact) mass is 1440 g/mol. The number of rotatable bonds is 30. The summed E-state index contributed by atoms with van der Waals surface area (Å²) in [4.78, 5) is 178. The number of carboxylic acids is 3. The molecule has 3 aliphatic rings. The topological polar surface area (TPSA) is 529 Å². The molecule has 536 valence electrons. The predicted molar refractivity (Wildman–Crippen MR) is 384 cm³/mol. The number of aromatic amines is 3. The zero-order chi connectivity index (χ0) is 73.8. The highest BCUT2D eigenvalue weighted by Gasteiger charge is 2.67. The Morgan fingerprint density at radius 1 is 0.718 bits per heavy atom. The first-order valence-electron chi connectivity index (χ1n) is 32.3. The van der Waals surface area contributed by atoms with E-state index >= 15 is 0 Å². The molecule has 2 fully saturated rings. The Kier molecular flexibility index (Phi) is 23.2. The number of anilines is 4. The number of benzene rings is 4. The number of fused-ring (bicyclic) bond motifs is 4. The van der Waals surface area contributed by atoms with Gasteiger partial charge in [-0.3, -0.25) is 57.9 Å². The standard InChI is InChI=1S/C35H29N5O4.C33H43N13O11S2/c1-2-5-32(42)36-22-8-10-26-19(12-22)14-28(38-26)33(43)37-23-9-11-27-20(13-23)15-29(39-27)34(44)40-18-21-17-35(21)25-7-4-3-6-24(25)30(41)16-31(35)40;1-58-59-14-21(31(56)57)44-28(52)20(11-23(48)49)43-27(51)18(3-2-10-37-32(34)35)41-22(47)9-8-19(30(54)55)42-26(50)15-4-6-16(7-5-15)38-12-17-13-39-25-24(40-17)29(53)46-33(36)45-25/h3-4,6-16,21,38-39H,2,5,17-18H2,1H3,(H,36,42)(H,37,43);4-7,13,18-21,38H,2-3,8-12,14H2,1H3,(H,41,47)(H,42,50)(H,43,51)(H,44,52)(H,48,49)(H,54,55)(H,56,57)(H4,34,35,37)(H3,36,39,45,46,53)/t;18-,19-,20-,21?/m.1/s1. The van der Waals surface area contributed by atoms with Crippen LogP contribution in [-0.2, 0) is 45.5 Å². The average Bonchev–Trinajstić information content (AvgIpc) is 1.50. The van der Waals surface area contributed by atoms with E-state index in [9.17, 15) is 72.9 Å². The lowest BCUT2D eigenvalue weighted by atomic mass is 9.81. The lowest BCUT2D eigenvalue weighted by Crippen LogP contribution is -2.56. The van der Waals surface area contributed by atoms with Crippen molar-refractivity contribution in [1.29, 1.82) is 0 Å². The number of aromatic nitrogens is 6. The van der Waals surface area contributed by atoms with Gasteiger partial charge >= 0.3 is 17.9 Å². The predicted octanol–water partition coefficient (Wildman–Crippen LogP) is 4.08. The van der Waals surface area contributed by atoms with Crippen molar-refractivity contribution in [2.24, 2.45) is 22.4 Å². The Labute approximate surface area is 592 Å². The number of carboxylic acid groups (broad SMARTS) is 3. The highest BCUT2D eigenvalue weighted by molar-refractivity contribution is 8.76. The number of hydrogen-bond donors (Lipinski definition) is 16. The van der Waals surface area contributed by atoms with Gasteiger partial charge in [0.05, 0.1) is 24.9 Å². The van der Waals surface area contributed by atoms with Crippen molar-refractivity contribution in [2.45, 2.75) is 94.4 Å². The minimum absolute atomic E-state index is 0.00118. The van der Waals surface area contributed by atoms with Crippen LogP contribution in [0.2, 0.25) is 0 Å². The minimum atomic E-state index is -1.74. The number of carbonyl (C=O) groups is 11. The molecule has 1 aliphatic heterocycles. The molecule has 5 heterocycles. The number of nitrogens with one attached hydrogen (secondary N) is 10. The molecule has 35 heteroatoms. The zero-order valence-electron chi connectivity index (χ0n) is 55.3. The molecule has 1 spiro atoms. The Morgan fingerprint density at radius 3 is 2.06 bits per heavy atom. The number of piperidine rings is 1. The van der Waals surface area contributed by atoms with E-state index in [0.717, 1.165) is 62.3 Å². The number of aliphatic carboxylic acids is 3. The molecule has 4 aromatic heterocycles. The van der Waals surface area contributed by atoms with Crippen molar-refractivity contribution in [1.82, 2.24) is 56.1 Å². The molecule has 1 saturated heterocycles. The molecule has 0 bridgehead atoms. The molecule has 19 N–H and O–H groups in total. The largest absolute Gasteiger partial charge is 0.481 e. The van der Waals surface area contributed by atoms with E-state index in [2.05, 4.69) is 72.1 Å². The van der Waals surface area contributed by atoms with E-state index in [1.807, 2.05) is 55.5 Å². The smallest absolute Gasteiger partial charge is 0.327 e. The van der Waals surface area contributed by atoms with Gasteiger partial charge in [0.25, 0.3) is 23.3 Å². The van der Waals surface area contributed by atoms with Crippen LogP contribution < -0.4 is 60.0 Å². The second-order valence-corrected chi connectivity index (χ2v) is 27.0. The second-order valence-electron chi connectivity index (χ2n) is 24.3. The molecular formula is C68H72N18O15S2. The number of H-pyrrole nitrogens is 3. The zero-order valence-corrected chi connectivity index (χ0v) is 56.9. The summed E-state index contributed by atoms with van der Waals surface area (Å²) in [6.07, 6.45) is 5.08. The van der Waals surface area contributed by atoms with E-state index in [1.165, 1.54) is 29.1 Å². The van der Waals surface area contributed by atoms with E-state index < -0.39 is 90.5 Å². The average molecular weight is 1450 g/mol. The Bertz CT molecular complexity index is 4800. The number of ketones is 1. The normalized spacial score (nSPS) is 15.8. The molecule has 7 amide bonds. The van der Waals surface area contributed by atoms with Crippen LogP contribution >= 0.6 is 21.6 Å². The molecule has 8 aromatic rings. The lowest BCUT2D eigenvalue weighted by Gasteiger charge is -2.29. The summed E-state index contributed by atoms with van der Waals surface area (Å²) in [6.45, 7) is 2.70. The molecule has 2 aliphatic carbocycles. The maximum Gasteiger partial charge on any atom is 0.327 e.